The van der Waals surface area contributed by atoms with Gasteiger partial charge in [0.1, 0.15) is 5.75 Å². The van der Waals surface area contributed by atoms with Crippen molar-refractivity contribution in [2.75, 3.05) is 12.4 Å². The molecule has 2 aromatic carbocycles. The van der Waals surface area contributed by atoms with Gasteiger partial charge in [0.25, 0.3) is 5.91 Å². The van der Waals surface area contributed by atoms with E-state index in [0.29, 0.717) is 5.57 Å². The molecule has 0 atom stereocenters. The van der Waals surface area contributed by atoms with Crippen molar-refractivity contribution in [2.24, 2.45) is 0 Å². The van der Waals surface area contributed by atoms with Crippen LogP contribution in [0.4, 0.5) is 5.69 Å². The summed E-state index contributed by atoms with van der Waals surface area (Å²) < 4.78 is 6.50. The molecule has 3 nitrogen and oxygen atoms in total. The lowest BCUT2D eigenvalue weighted by molar-refractivity contribution is -0.110. The van der Waals surface area contributed by atoms with Crippen molar-refractivity contribution in [3.63, 3.8) is 0 Å². The fourth-order valence-corrected chi connectivity index (χ4v) is 3.35. The van der Waals surface area contributed by atoms with Gasteiger partial charge in [-0.25, -0.2) is 0 Å². The molecule has 3 rings (SSSR count). The van der Waals surface area contributed by atoms with Crippen molar-refractivity contribution in [1.29, 1.82) is 0 Å². The Kier molecular flexibility index (Phi) is 3.95. The van der Waals surface area contributed by atoms with Crippen LogP contribution in [0.25, 0.3) is 11.6 Å². The van der Waals surface area contributed by atoms with E-state index >= 15 is 0 Å². The molecule has 0 bridgehead atoms. The zero-order valence-electron chi connectivity index (χ0n) is 12.7. The first-order valence-corrected chi connectivity index (χ1v) is 8.05. The molecule has 0 saturated carbocycles. The van der Waals surface area contributed by atoms with Gasteiger partial charge in [-0.2, -0.15) is 0 Å². The minimum atomic E-state index is -0.0527. The molecule has 1 amide bonds. The summed E-state index contributed by atoms with van der Waals surface area (Å²) in [5, 5.41) is 2.91. The van der Waals surface area contributed by atoms with Gasteiger partial charge in [-0.15, -0.1) is 0 Å². The molecule has 0 spiro atoms. The second kappa shape index (κ2) is 5.76. The number of amides is 1. The second-order valence-electron chi connectivity index (χ2n) is 5.39. The maximum atomic E-state index is 12.2. The predicted octanol–water partition coefficient (Wildman–Crippen LogP) is 4.41. The molecule has 0 saturated heterocycles. The zero-order valence-corrected chi connectivity index (χ0v) is 14.8. The van der Waals surface area contributed by atoms with Gasteiger partial charge >= 0.3 is 0 Å². The number of benzene rings is 2. The number of anilines is 1. The highest BCUT2D eigenvalue weighted by atomic mass is 127. The third kappa shape index (κ3) is 2.63. The molecular weight excluding hydrogens is 389 g/mol. The molecule has 4 heteroatoms. The van der Waals surface area contributed by atoms with Crippen LogP contribution in [-0.2, 0) is 4.79 Å². The number of aryl methyl sites for hydroxylation is 2. The van der Waals surface area contributed by atoms with Crippen LogP contribution in [0.2, 0.25) is 0 Å². The molecule has 0 aromatic heterocycles. The quantitative estimate of drug-likeness (QED) is 0.594. The van der Waals surface area contributed by atoms with Crippen molar-refractivity contribution < 1.29 is 9.53 Å². The summed E-state index contributed by atoms with van der Waals surface area (Å²) in [7, 11) is 1.68. The first kappa shape index (κ1) is 15.1. The lowest BCUT2D eigenvalue weighted by atomic mass is 10.0. The zero-order chi connectivity index (χ0) is 15.9. The summed E-state index contributed by atoms with van der Waals surface area (Å²) in [5.74, 6) is 0.844. The van der Waals surface area contributed by atoms with Crippen LogP contribution < -0.4 is 10.1 Å². The van der Waals surface area contributed by atoms with E-state index < -0.39 is 0 Å². The van der Waals surface area contributed by atoms with Gasteiger partial charge < -0.3 is 10.1 Å². The predicted molar refractivity (Wildman–Crippen MR) is 98.1 cm³/mol. The Morgan fingerprint density at radius 2 is 1.82 bits per heavy atom. The number of carbonyl (C=O) groups is 1. The Bertz CT molecular complexity index is 786. The average molecular weight is 405 g/mol. The number of rotatable bonds is 2. The van der Waals surface area contributed by atoms with E-state index in [1.807, 2.05) is 50.3 Å². The standard InChI is InChI=1S/C18H16INO2/c1-10-6-12(7-11(2)17(10)22-3)8-15-14-9-13(19)4-5-16(14)20-18(15)21/h4-9H,1-3H3,(H,20,21). The van der Waals surface area contributed by atoms with Crippen LogP contribution in [0, 0.1) is 17.4 Å². The summed E-state index contributed by atoms with van der Waals surface area (Å²) in [6, 6.07) is 10.0. The molecule has 112 valence electrons. The minimum Gasteiger partial charge on any atom is -0.496 e. The monoisotopic (exact) mass is 405 g/mol. The average Bonchev–Trinajstić information content (AvgIpc) is 2.75. The highest BCUT2D eigenvalue weighted by molar-refractivity contribution is 14.1. The molecule has 1 N–H and O–H groups in total. The summed E-state index contributed by atoms with van der Waals surface area (Å²) in [4.78, 5) is 12.2. The lowest BCUT2D eigenvalue weighted by Crippen LogP contribution is -2.03. The molecule has 0 fully saturated rings. The molecule has 0 radical (unpaired) electrons. The molecule has 2 aromatic rings. The number of halogens is 1. The Morgan fingerprint density at radius 3 is 2.45 bits per heavy atom. The Hall–Kier alpha value is -1.82. The van der Waals surface area contributed by atoms with Crippen LogP contribution in [0.5, 0.6) is 5.75 Å². The number of carbonyl (C=O) groups excluding carboxylic acids is 1. The van der Waals surface area contributed by atoms with Crippen LogP contribution in [0.1, 0.15) is 22.3 Å². The number of hydrogen-bond donors (Lipinski definition) is 1. The Labute approximate surface area is 143 Å². The third-order valence-electron chi connectivity index (χ3n) is 3.76. The fraction of sp³-hybridized carbons (Fsp3) is 0.167. The number of methoxy groups -OCH3 is 1. The molecule has 0 unspecified atom stereocenters. The molecule has 0 aliphatic carbocycles. The van der Waals surface area contributed by atoms with Gasteiger partial charge in [-0.3, -0.25) is 4.79 Å². The van der Waals surface area contributed by atoms with E-state index in [1.54, 1.807) is 7.11 Å². The Balaban J connectivity index is 2.10. The molecule has 1 aliphatic rings. The second-order valence-corrected chi connectivity index (χ2v) is 6.64. The van der Waals surface area contributed by atoms with E-state index in [-0.39, 0.29) is 5.91 Å². The van der Waals surface area contributed by atoms with Crippen molar-refractivity contribution in [1.82, 2.24) is 0 Å². The summed E-state index contributed by atoms with van der Waals surface area (Å²) in [5.41, 5.74) is 5.68. The number of nitrogens with one attached hydrogen (secondary N) is 1. The maximum Gasteiger partial charge on any atom is 0.256 e. The van der Waals surface area contributed by atoms with Gasteiger partial charge in [-0.1, -0.05) is 0 Å². The van der Waals surface area contributed by atoms with Gasteiger partial charge in [0.2, 0.25) is 0 Å². The smallest absolute Gasteiger partial charge is 0.256 e. The number of ether oxygens (including phenoxy) is 1. The summed E-state index contributed by atoms with van der Waals surface area (Å²) in [6.07, 6.45) is 1.94. The minimum absolute atomic E-state index is 0.0527. The SMILES string of the molecule is COc1c(C)cc(C=C2C(=O)Nc3ccc(I)cc32)cc1C. The van der Waals surface area contributed by atoms with Crippen LogP contribution >= 0.6 is 22.6 Å². The third-order valence-corrected chi connectivity index (χ3v) is 4.43. The Morgan fingerprint density at radius 1 is 1.14 bits per heavy atom. The summed E-state index contributed by atoms with van der Waals surface area (Å²) >= 11 is 2.26. The first-order chi connectivity index (χ1) is 10.5. The molecule has 22 heavy (non-hydrogen) atoms. The van der Waals surface area contributed by atoms with E-state index in [0.717, 1.165) is 37.3 Å². The van der Waals surface area contributed by atoms with Crippen molar-refractivity contribution in [2.45, 2.75) is 13.8 Å². The normalized spacial score (nSPS) is 14.9. The number of hydrogen-bond acceptors (Lipinski definition) is 2. The van der Waals surface area contributed by atoms with E-state index in [4.69, 9.17) is 4.74 Å². The highest BCUT2D eigenvalue weighted by Crippen LogP contribution is 2.35. The first-order valence-electron chi connectivity index (χ1n) is 6.98. The largest absolute Gasteiger partial charge is 0.496 e. The summed E-state index contributed by atoms with van der Waals surface area (Å²) in [6.45, 7) is 4.03. The highest BCUT2D eigenvalue weighted by Gasteiger charge is 2.24. The van der Waals surface area contributed by atoms with Crippen molar-refractivity contribution >= 4 is 45.8 Å². The van der Waals surface area contributed by atoms with Crippen molar-refractivity contribution in [3.05, 3.63) is 56.2 Å². The fourth-order valence-electron chi connectivity index (χ4n) is 2.86. The van der Waals surface area contributed by atoms with Gasteiger partial charge in [0, 0.05) is 20.4 Å². The molecule has 1 aliphatic heterocycles. The van der Waals surface area contributed by atoms with Crippen LogP contribution in [-0.4, -0.2) is 13.0 Å². The van der Waals surface area contributed by atoms with E-state index in [1.165, 1.54) is 0 Å². The molecular formula is C18H16INO2. The number of fused-ring (bicyclic) bond motifs is 1. The lowest BCUT2D eigenvalue weighted by Gasteiger charge is -2.10. The van der Waals surface area contributed by atoms with Crippen molar-refractivity contribution in [3.8, 4) is 5.75 Å². The van der Waals surface area contributed by atoms with Crippen LogP contribution in [0.3, 0.4) is 0 Å². The van der Waals surface area contributed by atoms with Gasteiger partial charge in [-0.05, 0) is 89.5 Å². The maximum absolute atomic E-state index is 12.2. The topological polar surface area (TPSA) is 38.3 Å². The molecule has 1 heterocycles. The van der Waals surface area contributed by atoms with Gasteiger partial charge in [0.05, 0.1) is 7.11 Å². The van der Waals surface area contributed by atoms with E-state index in [9.17, 15) is 4.79 Å². The van der Waals surface area contributed by atoms with Crippen LogP contribution in [0.15, 0.2) is 30.3 Å². The van der Waals surface area contributed by atoms with E-state index in [2.05, 4.69) is 27.9 Å². The van der Waals surface area contributed by atoms with Gasteiger partial charge in [0.15, 0.2) is 0 Å².